The molecule has 118 valence electrons. The van der Waals surface area contributed by atoms with Crippen LogP contribution >= 0.6 is 0 Å². The molecule has 0 aliphatic rings. The molecule has 0 saturated heterocycles. The van der Waals surface area contributed by atoms with E-state index in [0.717, 1.165) is 29.0 Å². The second-order valence-electron chi connectivity index (χ2n) is 5.22. The molecule has 0 aliphatic carbocycles. The monoisotopic (exact) mass is 310 g/mol. The van der Waals surface area contributed by atoms with Gasteiger partial charge in [-0.25, -0.2) is 0 Å². The van der Waals surface area contributed by atoms with Gasteiger partial charge in [-0.2, -0.15) is 0 Å². The molecule has 0 radical (unpaired) electrons. The van der Waals surface area contributed by atoms with Gasteiger partial charge in [-0.3, -0.25) is 4.79 Å². The number of ether oxygens (including phenoxy) is 2. The van der Waals surface area contributed by atoms with Gasteiger partial charge in [0.05, 0.1) is 25.2 Å². The molecule has 3 rings (SSSR count). The third-order valence-electron chi connectivity index (χ3n) is 3.96. The van der Waals surface area contributed by atoms with Crippen LogP contribution in [0, 0.1) is 0 Å². The number of hydrogen-bond donors (Lipinski definition) is 0. The number of hydrogen-bond acceptors (Lipinski definition) is 4. The van der Waals surface area contributed by atoms with E-state index in [-0.39, 0.29) is 5.43 Å². The zero-order valence-electron chi connectivity index (χ0n) is 13.4. The Morgan fingerprint density at radius 2 is 1.78 bits per heavy atom. The molecule has 0 aliphatic heterocycles. The van der Waals surface area contributed by atoms with E-state index in [1.165, 1.54) is 6.26 Å². The van der Waals surface area contributed by atoms with Crippen LogP contribution in [0.2, 0.25) is 0 Å². The second-order valence-corrected chi connectivity index (χ2v) is 5.22. The van der Waals surface area contributed by atoms with Crippen molar-refractivity contribution in [3.8, 4) is 22.6 Å². The minimum Gasteiger partial charge on any atom is -0.497 e. The third kappa shape index (κ3) is 2.68. The van der Waals surface area contributed by atoms with E-state index in [9.17, 15) is 4.79 Å². The van der Waals surface area contributed by atoms with Crippen LogP contribution in [-0.4, -0.2) is 14.2 Å². The van der Waals surface area contributed by atoms with E-state index >= 15 is 0 Å². The molecule has 0 amide bonds. The molecule has 23 heavy (non-hydrogen) atoms. The Hall–Kier alpha value is -2.75. The highest BCUT2D eigenvalue weighted by molar-refractivity contribution is 5.83. The molecule has 4 heteroatoms. The largest absolute Gasteiger partial charge is 0.497 e. The lowest BCUT2D eigenvalue weighted by Crippen LogP contribution is -2.06. The summed E-state index contributed by atoms with van der Waals surface area (Å²) >= 11 is 0. The van der Waals surface area contributed by atoms with E-state index < -0.39 is 0 Å². The van der Waals surface area contributed by atoms with E-state index in [1.54, 1.807) is 20.3 Å². The first-order valence-corrected chi connectivity index (χ1v) is 7.44. The van der Waals surface area contributed by atoms with E-state index in [2.05, 4.69) is 0 Å². The maximum absolute atomic E-state index is 12.8. The smallest absolute Gasteiger partial charge is 0.200 e. The summed E-state index contributed by atoms with van der Waals surface area (Å²) in [6.07, 6.45) is 2.28. The molecule has 0 unspecified atom stereocenters. The molecular formula is C19H18O4. The molecule has 2 aromatic carbocycles. The van der Waals surface area contributed by atoms with Crippen LogP contribution in [0.4, 0.5) is 0 Å². The average Bonchev–Trinajstić information content (AvgIpc) is 2.61. The summed E-state index contributed by atoms with van der Waals surface area (Å²) in [7, 11) is 3.23. The fraction of sp³-hybridized carbons (Fsp3) is 0.211. The maximum atomic E-state index is 12.8. The first-order chi connectivity index (χ1) is 11.2. The van der Waals surface area contributed by atoms with Gasteiger partial charge in [-0.1, -0.05) is 19.1 Å². The van der Waals surface area contributed by atoms with Crippen molar-refractivity contribution in [2.75, 3.05) is 14.2 Å². The third-order valence-corrected chi connectivity index (χ3v) is 3.96. The van der Waals surface area contributed by atoms with Gasteiger partial charge in [0.2, 0.25) is 5.43 Å². The van der Waals surface area contributed by atoms with Crippen LogP contribution in [0.5, 0.6) is 11.5 Å². The standard InChI is InChI=1S/C19H18O4/c1-4-12-9-15-18(10-17(12)22-3)23-11-16(19(15)20)13-5-7-14(21-2)8-6-13/h5-11H,4H2,1-3H3. The fourth-order valence-corrected chi connectivity index (χ4v) is 2.64. The van der Waals surface area contributed by atoms with Gasteiger partial charge in [0, 0.05) is 6.07 Å². The van der Waals surface area contributed by atoms with Crippen molar-refractivity contribution < 1.29 is 13.9 Å². The summed E-state index contributed by atoms with van der Waals surface area (Å²) in [6, 6.07) is 11.0. The highest BCUT2D eigenvalue weighted by Gasteiger charge is 2.12. The Balaban J connectivity index is 2.19. The maximum Gasteiger partial charge on any atom is 0.200 e. The summed E-state index contributed by atoms with van der Waals surface area (Å²) in [5.74, 6) is 1.48. The number of fused-ring (bicyclic) bond motifs is 1. The Bertz CT molecular complexity index is 892. The van der Waals surface area contributed by atoms with Crippen LogP contribution in [0.3, 0.4) is 0 Å². The summed E-state index contributed by atoms with van der Waals surface area (Å²) < 4.78 is 16.2. The number of methoxy groups -OCH3 is 2. The predicted molar refractivity (Wildman–Crippen MR) is 90.4 cm³/mol. The van der Waals surface area contributed by atoms with Gasteiger partial charge in [0.15, 0.2) is 0 Å². The zero-order valence-corrected chi connectivity index (χ0v) is 13.4. The molecule has 3 aromatic rings. The zero-order chi connectivity index (χ0) is 16.4. The van der Waals surface area contributed by atoms with Gasteiger partial charge >= 0.3 is 0 Å². The summed E-state index contributed by atoms with van der Waals surface area (Å²) in [5.41, 5.74) is 2.80. The molecule has 0 fully saturated rings. The van der Waals surface area contributed by atoms with Gasteiger partial charge in [-0.15, -0.1) is 0 Å². The average molecular weight is 310 g/mol. The molecule has 1 heterocycles. The van der Waals surface area contributed by atoms with Crippen LogP contribution in [0.1, 0.15) is 12.5 Å². The van der Waals surface area contributed by atoms with Crippen LogP contribution in [-0.2, 0) is 6.42 Å². The first-order valence-electron chi connectivity index (χ1n) is 7.44. The minimum atomic E-state index is -0.0474. The SMILES string of the molecule is CCc1cc2c(=O)c(-c3ccc(OC)cc3)coc2cc1OC. The van der Waals surface area contributed by atoms with Crippen LogP contribution < -0.4 is 14.9 Å². The minimum absolute atomic E-state index is 0.0474. The highest BCUT2D eigenvalue weighted by atomic mass is 16.5. The van der Waals surface area contributed by atoms with E-state index in [0.29, 0.717) is 16.5 Å². The van der Waals surface area contributed by atoms with Gasteiger partial charge in [0.1, 0.15) is 23.3 Å². The molecule has 0 N–H and O–H groups in total. The number of aryl methyl sites for hydroxylation is 1. The molecule has 0 bridgehead atoms. The Kier molecular flexibility index (Phi) is 4.06. The lowest BCUT2D eigenvalue weighted by Gasteiger charge is -2.09. The molecular weight excluding hydrogens is 292 g/mol. The molecule has 0 spiro atoms. The van der Waals surface area contributed by atoms with Gasteiger partial charge in [-0.05, 0) is 35.7 Å². The summed E-state index contributed by atoms with van der Waals surface area (Å²) in [6.45, 7) is 2.03. The fourth-order valence-electron chi connectivity index (χ4n) is 2.64. The molecule has 0 saturated carbocycles. The number of benzene rings is 2. The topological polar surface area (TPSA) is 48.7 Å². The van der Waals surface area contributed by atoms with E-state index in [1.807, 2.05) is 37.3 Å². The van der Waals surface area contributed by atoms with Crippen molar-refractivity contribution in [1.82, 2.24) is 0 Å². The first kappa shape index (κ1) is 15.2. The molecule has 1 aromatic heterocycles. The van der Waals surface area contributed by atoms with Gasteiger partial charge < -0.3 is 13.9 Å². The van der Waals surface area contributed by atoms with Crippen molar-refractivity contribution in [1.29, 1.82) is 0 Å². The summed E-state index contributed by atoms with van der Waals surface area (Å²) in [4.78, 5) is 12.8. The van der Waals surface area contributed by atoms with Crippen molar-refractivity contribution in [2.24, 2.45) is 0 Å². The molecule has 4 nitrogen and oxygen atoms in total. The van der Waals surface area contributed by atoms with Gasteiger partial charge in [0.25, 0.3) is 0 Å². The lowest BCUT2D eigenvalue weighted by molar-refractivity contribution is 0.409. The second kappa shape index (κ2) is 6.16. The Labute approximate surface area is 134 Å². The van der Waals surface area contributed by atoms with E-state index in [4.69, 9.17) is 13.9 Å². The molecule has 0 atom stereocenters. The van der Waals surface area contributed by atoms with Crippen molar-refractivity contribution in [3.05, 3.63) is 58.4 Å². The van der Waals surface area contributed by atoms with Crippen molar-refractivity contribution in [3.63, 3.8) is 0 Å². The quantitative estimate of drug-likeness (QED) is 0.729. The Morgan fingerprint density at radius 3 is 2.39 bits per heavy atom. The van der Waals surface area contributed by atoms with Crippen molar-refractivity contribution in [2.45, 2.75) is 13.3 Å². The Morgan fingerprint density at radius 1 is 1.04 bits per heavy atom. The predicted octanol–water partition coefficient (Wildman–Crippen LogP) is 4.04. The highest BCUT2D eigenvalue weighted by Crippen LogP contribution is 2.27. The lowest BCUT2D eigenvalue weighted by atomic mass is 10.0. The van der Waals surface area contributed by atoms with Crippen LogP contribution in [0.25, 0.3) is 22.1 Å². The van der Waals surface area contributed by atoms with Crippen molar-refractivity contribution >= 4 is 11.0 Å². The number of rotatable bonds is 4. The normalized spacial score (nSPS) is 10.7. The van der Waals surface area contributed by atoms with Crippen LogP contribution in [0.15, 0.2) is 51.9 Å². The summed E-state index contributed by atoms with van der Waals surface area (Å²) in [5, 5.41) is 0.566.